The first kappa shape index (κ1) is 21.2. The van der Waals surface area contributed by atoms with Crippen LogP contribution in [0.1, 0.15) is 12.5 Å². The van der Waals surface area contributed by atoms with E-state index in [1.165, 1.54) is 14.0 Å². The molecule has 0 aromatic heterocycles. The second-order valence-electron chi connectivity index (χ2n) is 5.65. The molecule has 0 aliphatic carbocycles. The summed E-state index contributed by atoms with van der Waals surface area (Å²) in [7, 11) is 2.89. The molecule has 6 nitrogen and oxygen atoms in total. The van der Waals surface area contributed by atoms with Crippen molar-refractivity contribution in [3.05, 3.63) is 50.9 Å². The highest BCUT2D eigenvalue weighted by Crippen LogP contribution is 2.38. The zero-order valence-electron chi connectivity index (χ0n) is 15.0. The lowest BCUT2D eigenvalue weighted by Gasteiger charge is -2.17. The second kappa shape index (κ2) is 9.75. The van der Waals surface area contributed by atoms with Crippen molar-refractivity contribution >= 4 is 43.7 Å². The van der Waals surface area contributed by atoms with E-state index in [1.54, 1.807) is 31.4 Å². The predicted molar refractivity (Wildman–Crippen MR) is 108 cm³/mol. The van der Waals surface area contributed by atoms with E-state index in [1.807, 2.05) is 12.1 Å². The summed E-state index contributed by atoms with van der Waals surface area (Å²) in [5.41, 5.74) is 0.819. The van der Waals surface area contributed by atoms with Crippen LogP contribution in [0.3, 0.4) is 0 Å². The van der Waals surface area contributed by atoms with Gasteiger partial charge >= 0.3 is 5.97 Å². The van der Waals surface area contributed by atoms with Crippen molar-refractivity contribution in [3.63, 3.8) is 0 Å². The number of benzene rings is 2. The van der Waals surface area contributed by atoms with Crippen LogP contribution in [-0.4, -0.2) is 32.1 Å². The van der Waals surface area contributed by atoms with E-state index in [9.17, 15) is 9.59 Å². The molecule has 1 amide bonds. The summed E-state index contributed by atoms with van der Waals surface area (Å²) in [4.78, 5) is 23.2. The molecule has 0 spiro atoms. The minimum Gasteiger partial charge on any atom is -0.497 e. The van der Waals surface area contributed by atoms with Gasteiger partial charge in [-0.1, -0.05) is 0 Å². The lowest BCUT2D eigenvalue weighted by Crippen LogP contribution is -2.42. The summed E-state index contributed by atoms with van der Waals surface area (Å²) in [6.07, 6.45) is 0.284. The van der Waals surface area contributed by atoms with E-state index in [0.29, 0.717) is 20.4 Å². The molecule has 2 aromatic rings. The number of methoxy groups -OCH3 is 2. The van der Waals surface area contributed by atoms with Crippen LogP contribution in [0.4, 0.5) is 0 Å². The van der Waals surface area contributed by atoms with Crippen LogP contribution in [0.25, 0.3) is 0 Å². The summed E-state index contributed by atoms with van der Waals surface area (Å²) >= 11 is 6.99. The van der Waals surface area contributed by atoms with Crippen LogP contribution in [-0.2, 0) is 20.7 Å². The van der Waals surface area contributed by atoms with Crippen molar-refractivity contribution in [2.45, 2.75) is 19.4 Å². The fourth-order valence-corrected chi connectivity index (χ4v) is 3.85. The highest BCUT2D eigenvalue weighted by molar-refractivity contribution is 9.11. The molecule has 2 aromatic carbocycles. The van der Waals surface area contributed by atoms with E-state index in [4.69, 9.17) is 14.2 Å². The first-order valence-corrected chi connectivity index (χ1v) is 9.57. The van der Waals surface area contributed by atoms with E-state index < -0.39 is 12.0 Å². The van der Waals surface area contributed by atoms with E-state index >= 15 is 0 Å². The lowest BCUT2D eigenvalue weighted by molar-refractivity contribution is -0.144. The molecule has 0 saturated carbocycles. The Balaban J connectivity index is 2.21. The van der Waals surface area contributed by atoms with Crippen molar-refractivity contribution < 1.29 is 23.8 Å². The standard InChI is InChI=1S/C19H19Br2NO5/c1-11(23)22-17(19(24)26-3)10-12-8-15(20)18(16(21)9-12)27-14-6-4-13(25-2)5-7-14/h4-9,17H,10H2,1-3H3,(H,22,23)/t17-/m0/s1. The predicted octanol–water partition coefficient (Wildman–Crippen LogP) is 4.23. The minimum atomic E-state index is -0.764. The topological polar surface area (TPSA) is 73.9 Å². The third-order valence-corrected chi connectivity index (χ3v) is 4.82. The van der Waals surface area contributed by atoms with Gasteiger partial charge in [0.15, 0.2) is 5.75 Å². The molecule has 0 bridgehead atoms. The van der Waals surface area contributed by atoms with Gasteiger partial charge in [0.1, 0.15) is 17.5 Å². The Morgan fingerprint density at radius 1 is 1.04 bits per heavy atom. The van der Waals surface area contributed by atoms with Crippen LogP contribution in [0, 0.1) is 0 Å². The largest absolute Gasteiger partial charge is 0.497 e. The van der Waals surface area contributed by atoms with Gasteiger partial charge in [-0.2, -0.15) is 0 Å². The minimum absolute atomic E-state index is 0.284. The molecule has 0 aliphatic rings. The Morgan fingerprint density at radius 3 is 2.07 bits per heavy atom. The molecule has 27 heavy (non-hydrogen) atoms. The van der Waals surface area contributed by atoms with Crippen LogP contribution in [0.5, 0.6) is 17.2 Å². The maximum Gasteiger partial charge on any atom is 0.328 e. The summed E-state index contributed by atoms with van der Waals surface area (Å²) < 4.78 is 17.2. The molecule has 144 valence electrons. The van der Waals surface area contributed by atoms with E-state index in [0.717, 1.165) is 11.3 Å². The monoisotopic (exact) mass is 499 g/mol. The van der Waals surface area contributed by atoms with Gasteiger partial charge in [0, 0.05) is 13.3 Å². The molecule has 0 aliphatic heterocycles. The molecule has 1 N–H and O–H groups in total. The summed E-state index contributed by atoms with van der Waals surface area (Å²) in [5.74, 6) is 1.18. The zero-order chi connectivity index (χ0) is 20.0. The zero-order valence-corrected chi connectivity index (χ0v) is 18.2. The highest BCUT2D eigenvalue weighted by atomic mass is 79.9. The number of hydrogen-bond donors (Lipinski definition) is 1. The molecule has 0 heterocycles. The fourth-order valence-electron chi connectivity index (χ4n) is 2.41. The SMILES string of the molecule is COC(=O)[C@H](Cc1cc(Br)c(Oc2ccc(OC)cc2)c(Br)c1)NC(C)=O. The van der Waals surface area contributed by atoms with Crippen LogP contribution >= 0.6 is 31.9 Å². The van der Waals surface area contributed by atoms with Gasteiger partial charge in [-0.15, -0.1) is 0 Å². The van der Waals surface area contributed by atoms with Gasteiger partial charge in [-0.05, 0) is 73.8 Å². The van der Waals surface area contributed by atoms with E-state index in [-0.39, 0.29) is 12.3 Å². The summed E-state index contributed by atoms with van der Waals surface area (Å²) in [6.45, 7) is 1.35. The summed E-state index contributed by atoms with van der Waals surface area (Å²) in [6, 6.07) is 10.1. The fraction of sp³-hybridized carbons (Fsp3) is 0.263. The number of esters is 1. The van der Waals surface area contributed by atoms with Crippen molar-refractivity contribution in [1.29, 1.82) is 0 Å². The lowest BCUT2D eigenvalue weighted by atomic mass is 10.1. The number of halogens is 2. The molecular formula is C19H19Br2NO5. The summed E-state index contributed by atoms with van der Waals surface area (Å²) in [5, 5.41) is 2.60. The third-order valence-electron chi connectivity index (χ3n) is 3.64. The Kier molecular flexibility index (Phi) is 7.67. The first-order chi connectivity index (χ1) is 12.8. The maximum atomic E-state index is 11.9. The number of hydrogen-bond acceptors (Lipinski definition) is 5. The van der Waals surface area contributed by atoms with Gasteiger partial charge < -0.3 is 19.5 Å². The molecule has 0 radical (unpaired) electrons. The average Bonchev–Trinajstić information content (AvgIpc) is 2.63. The molecule has 2 rings (SSSR count). The molecular weight excluding hydrogens is 482 g/mol. The smallest absolute Gasteiger partial charge is 0.328 e. The van der Waals surface area contributed by atoms with Crippen molar-refractivity contribution in [3.8, 4) is 17.2 Å². The number of carbonyl (C=O) groups excluding carboxylic acids is 2. The number of nitrogens with one attached hydrogen (secondary N) is 1. The quantitative estimate of drug-likeness (QED) is 0.576. The normalized spacial score (nSPS) is 11.4. The Labute approximate surface area is 174 Å². The van der Waals surface area contributed by atoms with Crippen LogP contribution in [0.2, 0.25) is 0 Å². The van der Waals surface area contributed by atoms with Crippen LogP contribution in [0.15, 0.2) is 45.3 Å². The van der Waals surface area contributed by atoms with Crippen molar-refractivity contribution in [1.82, 2.24) is 5.32 Å². The highest BCUT2D eigenvalue weighted by Gasteiger charge is 2.22. The van der Waals surface area contributed by atoms with Crippen LogP contribution < -0.4 is 14.8 Å². The number of carbonyl (C=O) groups is 2. The van der Waals surface area contributed by atoms with Gasteiger partial charge in [0.25, 0.3) is 0 Å². The van der Waals surface area contributed by atoms with Gasteiger partial charge in [0.2, 0.25) is 5.91 Å². The molecule has 1 atom stereocenters. The maximum absolute atomic E-state index is 11.9. The number of amides is 1. The average molecular weight is 501 g/mol. The molecule has 0 saturated heterocycles. The second-order valence-corrected chi connectivity index (χ2v) is 7.36. The Morgan fingerprint density at radius 2 is 1.59 bits per heavy atom. The van der Waals surface area contributed by atoms with Gasteiger partial charge in [-0.25, -0.2) is 4.79 Å². The number of ether oxygens (including phenoxy) is 3. The van der Waals surface area contributed by atoms with E-state index in [2.05, 4.69) is 37.2 Å². The first-order valence-electron chi connectivity index (χ1n) is 7.98. The molecule has 8 heteroatoms. The molecule has 0 unspecified atom stereocenters. The van der Waals surface area contributed by atoms with Gasteiger partial charge in [-0.3, -0.25) is 4.79 Å². The van der Waals surface area contributed by atoms with Crippen molar-refractivity contribution in [2.75, 3.05) is 14.2 Å². The Bertz CT molecular complexity index is 800. The molecule has 0 fully saturated rings. The Hall–Kier alpha value is -2.06. The van der Waals surface area contributed by atoms with Gasteiger partial charge in [0.05, 0.1) is 23.2 Å². The third kappa shape index (κ3) is 5.97. The van der Waals surface area contributed by atoms with Crippen molar-refractivity contribution in [2.24, 2.45) is 0 Å². The number of rotatable bonds is 7.